The van der Waals surface area contributed by atoms with Crippen molar-refractivity contribution in [3.05, 3.63) is 10.2 Å². The number of quaternary nitrogens is 1. The van der Waals surface area contributed by atoms with E-state index in [0.29, 0.717) is 11.6 Å². The molecule has 0 aromatic carbocycles. The van der Waals surface area contributed by atoms with E-state index in [-0.39, 0.29) is 18.3 Å². The minimum absolute atomic E-state index is 0.125. The first kappa shape index (κ1) is 11.4. The monoisotopic (exact) mass is 240 g/mol. The summed E-state index contributed by atoms with van der Waals surface area (Å²) in [5.74, 6) is 2.46. The molecule has 16 heavy (non-hydrogen) atoms. The number of aliphatic hydroxyl groups excluding tert-OH is 1. The van der Waals surface area contributed by atoms with Crippen molar-refractivity contribution in [3.63, 3.8) is 0 Å². The first-order chi connectivity index (χ1) is 7.56. The summed E-state index contributed by atoms with van der Waals surface area (Å²) in [7, 11) is 0. The number of β-amino-alcohol motifs (C(OH)–C–C–N with tert-alkyl or cyclic N) is 1. The van der Waals surface area contributed by atoms with Crippen LogP contribution in [0.4, 0.5) is 5.13 Å². The first-order valence-electron chi connectivity index (χ1n) is 4.79. The lowest BCUT2D eigenvalue weighted by atomic mass is 10.5. The van der Waals surface area contributed by atoms with Crippen LogP contribution >= 0.6 is 11.3 Å². The van der Waals surface area contributed by atoms with Gasteiger partial charge in [-0.15, -0.1) is 11.5 Å². The number of hydrogen-bond donors (Lipinski definition) is 1. The third-order valence-electron chi connectivity index (χ3n) is 2.47. The van der Waals surface area contributed by atoms with Gasteiger partial charge in [-0.25, -0.2) is 4.90 Å². The predicted molar refractivity (Wildman–Crippen MR) is 61.1 cm³/mol. The van der Waals surface area contributed by atoms with Crippen molar-refractivity contribution in [2.24, 2.45) is 0 Å². The molecule has 0 spiro atoms. The molecule has 1 N–H and O–H groups in total. The normalized spacial score (nSPS) is 30.5. The van der Waals surface area contributed by atoms with Gasteiger partial charge in [0, 0.05) is 0 Å². The number of aromatic nitrogens is 2. The van der Waals surface area contributed by atoms with E-state index in [0.717, 1.165) is 0 Å². The maximum absolute atomic E-state index is 12.4. The first-order valence-corrected chi connectivity index (χ1v) is 5.61. The highest BCUT2D eigenvalue weighted by Crippen LogP contribution is 2.32. The minimum Gasteiger partial charge on any atom is -0.623 e. The van der Waals surface area contributed by atoms with Crippen molar-refractivity contribution in [1.82, 2.24) is 19.7 Å². The van der Waals surface area contributed by atoms with Crippen molar-refractivity contribution >= 4 is 16.5 Å². The Bertz CT molecular complexity index is 429. The van der Waals surface area contributed by atoms with Gasteiger partial charge in [-0.1, -0.05) is 11.0 Å². The van der Waals surface area contributed by atoms with E-state index in [2.05, 4.69) is 16.1 Å². The molecule has 1 aromatic rings. The van der Waals surface area contributed by atoms with Gasteiger partial charge in [-0.3, -0.25) is 4.65 Å². The van der Waals surface area contributed by atoms with E-state index in [4.69, 9.17) is 6.42 Å². The molecule has 0 saturated carbocycles. The maximum atomic E-state index is 12.4. The van der Waals surface area contributed by atoms with Crippen LogP contribution in [0.3, 0.4) is 0 Å². The van der Waals surface area contributed by atoms with Gasteiger partial charge in [-0.05, 0) is 18.3 Å². The summed E-state index contributed by atoms with van der Waals surface area (Å²) in [6, 6.07) is 0. The highest BCUT2D eigenvalue weighted by molar-refractivity contribution is 7.15. The number of nitrogens with zero attached hydrogens (tertiary/aromatic N) is 4. The van der Waals surface area contributed by atoms with Crippen molar-refractivity contribution in [1.29, 1.82) is 0 Å². The van der Waals surface area contributed by atoms with Crippen molar-refractivity contribution in [2.75, 3.05) is 19.8 Å². The topological polar surface area (TPSA) is 72.3 Å². The largest absolute Gasteiger partial charge is 0.623 e. The van der Waals surface area contributed by atoms with E-state index >= 15 is 0 Å². The summed E-state index contributed by atoms with van der Waals surface area (Å²) in [6.07, 6.45) is 4.14. The molecule has 6 nitrogen and oxygen atoms in total. The lowest BCUT2D eigenvalue weighted by molar-refractivity contribution is 0.0844. The van der Waals surface area contributed by atoms with Gasteiger partial charge in [0.25, 0.3) is 0 Å². The zero-order valence-corrected chi connectivity index (χ0v) is 9.65. The Morgan fingerprint density at radius 3 is 3.06 bits per heavy atom. The molecule has 1 fully saturated rings. The molecular weight excluding hydrogens is 228 g/mol. The molecule has 1 saturated heterocycles. The summed E-state index contributed by atoms with van der Waals surface area (Å²) in [5.41, 5.74) is 0. The lowest BCUT2D eigenvalue weighted by Crippen LogP contribution is -2.48. The van der Waals surface area contributed by atoms with E-state index in [9.17, 15) is 10.3 Å². The quantitative estimate of drug-likeness (QED) is 0.443. The van der Waals surface area contributed by atoms with Gasteiger partial charge in [-0.2, -0.15) is 0 Å². The third-order valence-corrected chi connectivity index (χ3v) is 3.42. The van der Waals surface area contributed by atoms with E-state index in [1.54, 1.807) is 11.8 Å². The molecule has 1 aliphatic heterocycles. The molecule has 0 bridgehead atoms. The molecular formula is C9H12N4O2S. The summed E-state index contributed by atoms with van der Waals surface area (Å²) >= 11 is 1.21. The number of rotatable bonds is 2. The summed E-state index contributed by atoms with van der Waals surface area (Å²) in [5, 5.41) is 30.8. The smallest absolute Gasteiger partial charge is 0.309 e. The predicted octanol–water partition coefficient (Wildman–Crippen LogP) is -0.124. The average Bonchev–Trinajstić information content (AvgIpc) is 2.75. The Morgan fingerprint density at radius 1 is 1.75 bits per heavy atom. The molecule has 1 aromatic heterocycles. The average molecular weight is 240 g/mol. The van der Waals surface area contributed by atoms with E-state index < -0.39 is 10.9 Å². The molecule has 0 radical (unpaired) electrons. The highest BCUT2D eigenvalue weighted by atomic mass is 32.1. The number of hydroxylamine groups is 2. The second-order valence-corrected chi connectivity index (χ2v) is 4.90. The fourth-order valence-electron chi connectivity index (χ4n) is 1.68. The van der Waals surface area contributed by atoms with E-state index in [1.165, 1.54) is 11.3 Å². The van der Waals surface area contributed by atoms with Crippen LogP contribution in [-0.2, 0) is 0 Å². The molecule has 7 heteroatoms. The van der Waals surface area contributed by atoms with Gasteiger partial charge in [0.05, 0.1) is 13.1 Å². The summed E-state index contributed by atoms with van der Waals surface area (Å²) in [6.45, 7) is 2.53. The van der Waals surface area contributed by atoms with Crippen molar-refractivity contribution in [3.8, 4) is 12.3 Å². The number of terminal acetylenes is 1. The van der Waals surface area contributed by atoms with Crippen LogP contribution in [0.2, 0.25) is 0 Å². The molecule has 2 heterocycles. The minimum atomic E-state index is -1.04. The van der Waals surface area contributed by atoms with Gasteiger partial charge in [0.15, 0.2) is 0 Å². The second kappa shape index (κ2) is 4.08. The lowest BCUT2D eigenvalue weighted by Gasteiger charge is -2.36. The SMILES string of the molecule is C#CCN1CC(O)[N+]([O-])(c2nnc(C)s2)C1. The van der Waals surface area contributed by atoms with Gasteiger partial charge < -0.3 is 10.3 Å². The van der Waals surface area contributed by atoms with Crippen LogP contribution in [0, 0.1) is 24.5 Å². The Morgan fingerprint density at radius 2 is 2.50 bits per heavy atom. The van der Waals surface area contributed by atoms with Crippen LogP contribution in [0.25, 0.3) is 0 Å². The number of hydrogen-bond acceptors (Lipinski definition) is 6. The molecule has 0 aliphatic carbocycles. The van der Waals surface area contributed by atoms with Gasteiger partial charge >= 0.3 is 5.13 Å². The van der Waals surface area contributed by atoms with Crippen LogP contribution in [-0.4, -0.2) is 46.2 Å². The number of aliphatic hydroxyl groups is 1. The number of aryl methyl sites for hydroxylation is 1. The maximum Gasteiger partial charge on any atom is 0.309 e. The van der Waals surface area contributed by atoms with Crippen LogP contribution < -0.4 is 4.65 Å². The van der Waals surface area contributed by atoms with Gasteiger partial charge in [0.2, 0.25) is 6.23 Å². The highest BCUT2D eigenvalue weighted by Gasteiger charge is 2.42. The fourth-order valence-corrected chi connectivity index (χ4v) is 2.44. The van der Waals surface area contributed by atoms with Crippen LogP contribution in [0.1, 0.15) is 5.01 Å². The second-order valence-electron chi connectivity index (χ2n) is 3.74. The Kier molecular flexibility index (Phi) is 2.92. The Hall–Kier alpha value is -1.04. The van der Waals surface area contributed by atoms with Gasteiger partial charge in [0.1, 0.15) is 11.7 Å². The van der Waals surface area contributed by atoms with E-state index in [1.807, 2.05) is 0 Å². The fraction of sp³-hybridized carbons (Fsp3) is 0.556. The standard InChI is InChI=1S/C9H12N4O2S/c1-3-4-12-5-8(14)13(15,6-12)9-11-10-7(2)16-9/h1,8,14H,4-6H2,2H3. The van der Waals surface area contributed by atoms with Crippen molar-refractivity contribution in [2.45, 2.75) is 13.2 Å². The molecule has 2 atom stereocenters. The zero-order valence-electron chi connectivity index (χ0n) is 8.83. The Labute approximate surface area is 97.3 Å². The van der Waals surface area contributed by atoms with Crippen LogP contribution in [0.5, 0.6) is 0 Å². The van der Waals surface area contributed by atoms with Crippen LogP contribution in [0.15, 0.2) is 0 Å². The molecule has 2 unspecified atom stereocenters. The molecule has 86 valence electrons. The summed E-state index contributed by atoms with van der Waals surface area (Å²) in [4.78, 5) is 1.73. The Balaban J connectivity index is 2.23. The molecule has 0 amide bonds. The molecule has 2 rings (SSSR count). The zero-order chi connectivity index (χ0) is 11.8. The van der Waals surface area contributed by atoms with Crippen molar-refractivity contribution < 1.29 is 5.11 Å². The summed E-state index contributed by atoms with van der Waals surface area (Å²) < 4.78 is -0.868. The third kappa shape index (κ3) is 1.81. The molecule has 1 aliphatic rings.